The lowest BCUT2D eigenvalue weighted by molar-refractivity contribution is -0.131. The fourth-order valence-corrected chi connectivity index (χ4v) is 3.85. The van der Waals surface area contributed by atoms with Gasteiger partial charge < -0.3 is 14.8 Å². The average Bonchev–Trinajstić information content (AvgIpc) is 2.59. The summed E-state index contributed by atoms with van der Waals surface area (Å²) >= 11 is 0. The molecule has 1 aromatic carbocycles. The first kappa shape index (κ1) is 19.2. The number of amides is 1. The molecule has 3 rings (SSSR count). The quantitative estimate of drug-likeness (QED) is 0.875. The summed E-state index contributed by atoms with van der Waals surface area (Å²) in [4.78, 5) is 17.4. The Morgan fingerprint density at radius 1 is 1.15 bits per heavy atom. The van der Waals surface area contributed by atoms with Crippen molar-refractivity contribution < 1.29 is 14.3 Å². The number of nitrogens with one attached hydrogen (secondary N) is 1. The fourth-order valence-electron chi connectivity index (χ4n) is 3.85. The minimum atomic E-state index is -0.940. The van der Waals surface area contributed by atoms with Gasteiger partial charge in [0.2, 0.25) is 0 Å². The molecule has 1 N–H and O–H groups in total. The molecule has 0 radical (unpaired) electrons. The summed E-state index contributed by atoms with van der Waals surface area (Å²) in [6, 6.07) is 3.85. The molecule has 2 aromatic rings. The molecule has 1 unspecified atom stereocenters. The number of ether oxygens (including phenoxy) is 2. The standard InChI is InChI=1S/C22H28N2O3/c1-12-10-13(2)23-18(11-12)24-21(25)22(6)9-8-17-16(5)19(26-7)14(3)15(4)20(17)27-22/h10-11H,8-9H2,1-7H3,(H,23,24,25). The van der Waals surface area contributed by atoms with Crippen molar-refractivity contribution in [1.29, 1.82) is 0 Å². The Morgan fingerprint density at radius 2 is 1.85 bits per heavy atom. The van der Waals surface area contributed by atoms with E-state index in [1.54, 1.807) is 7.11 Å². The summed E-state index contributed by atoms with van der Waals surface area (Å²) in [5.74, 6) is 2.11. The van der Waals surface area contributed by atoms with E-state index in [2.05, 4.69) is 17.2 Å². The zero-order valence-corrected chi connectivity index (χ0v) is 17.2. The molecule has 0 aliphatic carbocycles. The van der Waals surface area contributed by atoms with Crippen LogP contribution in [0, 0.1) is 34.6 Å². The number of aryl methyl sites for hydroxylation is 2. The van der Waals surface area contributed by atoms with E-state index in [1.807, 2.05) is 46.8 Å². The van der Waals surface area contributed by atoms with Gasteiger partial charge in [0.05, 0.1) is 7.11 Å². The predicted molar refractivity (Wildman–Crippen MR) is 107 cm³/mol. The second-order valence-corrected chi connectivity index (χ2v) is 7.67. The molecule has 5 nitrogen and oxygen atoms in total. The molecule has 1 amide bonds. The van der Waals surface area contributed by atoms with Crippen LogP contribution >= 0.6 is 0 Å². The number of anilines is 1. The second kappa shape index (κ2) is 6.87. The second-order valence-electron chi connectivity index (χ2n) is 7.67. The highest BCUT2D eigenvalue weighted by Gasteiger charge is 2.41. The Morgan fingerprint density at radius 3 is 2.48 bits per heavy atom. The molecule has 2 heterocycles. The maximum Gasteiger partial charge on any atom is 0.269 e. The maximum absolute atomic E-state index is 13.0. The van der Waals surface area contributed by atoms with Gasteiger partial charge in [-0.05, 0) is 82.3 Å². The number of hydrogen-bond donors (Lipinski definition) is 1. The Hall–Kier alpha value is -2.56. The van der Waals surface area contributed by atoms with Crippen molar-refractivity contribution in [2.45, 2.75) is 60.0 Å². The third kappa shape index (κ3) is 3.38. The molecule has 0 spiro atoms. The van der Waals surface area contributed by atoms with Gasteiger partial charge >= 0.3 is 0 Å². The van der Waals surface area contributed by atoms with Crippen LogP contribution in [0.4, 0.5) is 5.82 Å². The predicted octanol–water partition coefficient (Wildman–Crippen LogP) is 4.35. The van der Waals surface area contributed by atoms with E-state index in [-0.39, 0.29) is 5.91 Å². The molecular formula is C22H28N2O3. The van der Waals surface area contributed by atoms with Gasteiger partial charge in [-0.15, -0.1) is 0 Å². The lowest BCUT2D eigenvalue weighted by atomic mass is 9.86. The number of methoxy groups -OCH3 is 1. The van der Waals surface area contributed by atoms with Crippen molar-refractivity contribution in [1.82, 2.24) is 4.98 Å². The van der Waals surface area contributed by atoms with Gasteiger partial charge in [0.25, 0.3) is 5.91 Å². The normalized spacial score (nSPS) is 18.5. The highest BCUT2D eigenvalue weighted by Crippen LogP contribution is 2.43. The highest BCUT2D eigenvalue weighted by atomic mass is 16.5. The summed E-state index contributed by atoms with van der Waals surface area (Å²) in [6.45, 7) is 11.8. The van der Waals surface area contributed by atoms with E-state index in [0.717, 1.165) is 51.4 Å². The highest BCUT2D eigenvalue weighted by molar-refractivity contribution is 5.97. The van der Waals surface area contributed by atoms with Crippen molar-refractivity contribution in [2.75, 3.05) is 12.4 Å². The van der Waals surface area contributed by atoms with Gasteiger partial charge in [-0.1, -0.05) is 0 Å². The van der Waals surface area contributed by atoms with Crippen molar-refractivity contribution in [2.24, 2.45) is 0 Å². The SMILES string of the molecule is COc1c(C)c(C)c2c(c1C)CCC(C)(C(=O)Nc1cc(C)cc(C)n1)O2. The van der Waals surface area contributed by atoms with E-state index in [9.17, 15) is 4.79 Å². The van der Waals surface area contributed by atoms with Crippen LogP contribution in [-0.4, -0.2) is 23.6 Å². The van der Waals surface area contributed by atoms with E-state index in [4.69, 9.17) is 9.47 Å². The zero-order valence-electron chi connectivity index (χ0n) is 17.2. The Balaban J connectivity index is 1.92. The van der Waals surface area contributed by atoms with E-state index in [0.29, 0.717) is 12.2 Å². The average molecular weight is 368 g/mol. The molecule has 0 saturated carbocycles. The van der Waals surface area contributed by atoms with Gasteiger partial charge in [-0.2, -0.15) is 0 Å². The van der Waals surface area contributed by atoms with Crippen molar-refractivity contribution in [3.05, 3.63) is 45.6 Å². The summed E-state index contributed by atoms with van der Waals surface area (Å²) < 4.78 is 11.9. The lowest BCUT2D eigenvalue weighted by Gasteiger charge is -2.36. The molecule has 27 heavy (non-hydrogen) atoms. The van der Waals surface area contributed by atoms with Gasteiger partial charge in [-0.25, -0.2) is 4.98 Å². The number of nitrogens with zero attached hydrogens (tertiary/aromatic N) is 1. The third-order valence-electron chi connectivity index (χ3n) is 5.51. The summed E-state index contributed by atoms with van der Waals surface area (Å²) in [5.41, 5.74) is 5.29. The molecule has 0 fully saturated rings. The van der Waals surface area contributed by atoms with E-state index in [1.165, 1.54) is 0 Å². The smallest absolute Gasteiger partial charge is 0.269 e. The lowest BCUT2D eigenvalue weighted by Crippen LogP contribution is -2.48. The molecule has 1 aliphatic heterocycles. The number of pyridine rings is 1. The van der Waals surface area contributed by atoms with Gasteiger partial charge in [-0.3, -0.25) is 4.79 Å². The number of benzene rings is 1. The van der Waals surface area contributed by atoms with Crippen LogP contribution in [0.3, 0.4) is 0 Å². The van der Waals surface area contributed by atoms with Crippen molar-refractivity contribution in [3.63, 3.8) is 0 Å². The Bertz CT molecular complexity index is 900. The topological polar surface area (TPSA) is 60.5 Å². The van der Waals surface area contributed by atoms with Crippen LogP contribution in [0.1, 0.15) is 46.9 Å². The molecule has 5 heteroatoms. The minimum absolute atomic E-state index is 0.170. The maximum atomic E-state index is 13.0. The first-order valence-electron chi connectivity index (χ1n) is 9.28. The van der Waals surface area contributed by atoms with Crippen LogP contribution in [0.2, 0.25) is 0 Å². The zero-order chi connectivity index (χ0) is 19.9. The number of aromatic nitrogens is 1. The number of carbonyl (C=O) groups is 1. The monoisotopic (exact) mass is 368 g/mol. The Labute approximate surface area is 161 Å². The van der Waals surface area contributed by atoms with Crippen LogP contribution in [0.25, 0.3) is 0 Å². The van der Waals surface area contributed by atoms with Gasteiger partial charge in [0.1, 0.15) is 17.3 Å². The number of rotatable bonds is 3. The summed E-state index contributed by atoms with van der Waals surface area (Å²) in [7, 11) is 1.69. The van der Waals surface area contributed by atoms with Crippen LogP contribution < -0.4 is 14.8 Å². The number of fused-ring (bicyclic) bond motifs is 1. The van der Waals surface area contributed by atoms with E-state index < -0.39 is 5.60 Å². The molecule has 0 saturated heterocycles. The first-order valence-corrected chi connectivity index (χ1v) is 9.28. The number of carbonyl (C=O) groups excluding carboxylic acids is 1. The molecule has 1 aliphatic rings. The Kier molecular flexibility index (Phi) is 4.89. The number of hydrogen-bond acceptors (Lipinski definition) is 4. The fraction of sp³-hybridized carbons (Fsp3) is 0.455. The van der Waals surface area contributed by atoms with Gasteiger partial charge in [0.15, 0.2) is 5.60 Å². The summed E-state index contributed by atoms with van der Waals surface area (Å²) in [6.07, 6.45) is 1.37. The van der Waals surface area contributed by atoms with Crippen molar-refractivity contribution >= 4 is 11.7 Å². The van der Waals surface area contributed by atoms with Crippen LogP contribution in [0.15, 0.2) is 12.1 Å². The van der Waals surface area contributed by atoms with Crippen LogP contribution in [0.5, 0.6) is 11.5 Å². The van der Waals surface area contributed by atoms with Crippen LogP contribution in [-0.2, 0) is 11.2 Å². The molecule has 1 aromatic heterocycles. The molecular weight excluding hydrogens is 340 g/mol. The molecule has 1 atom stereocenters. The summed E-state index contributed by atoms with van der Waals surface area (Å²) in [5, 5.41) is 2.94. The van der Waals surface area contributed by atoms with Gasteiger partial charge in [0, 0.05) is 17.7 Å². The first-order chi connectivity index (χ1) is 12.7. The molecule has 144 valence electrons. The largest absolute Gasteiger partial charge is 0.496 e. The molecule has 0 bridgehead atoms. The minimum Gasteiger partial charge on any atom is -0.496 e. The van der Waals surface area contributed by atoms with E-state index >= 15 is 0 Å². The third-order valence-corrected chi connectivity index (χ3v) is 5.51. The van der Waals surface area contributed by atoms with Crippen molar-refractivity contribution in [3.8, 4) is 11.5 Å².